The van der Waals surface area contributed by atoms with Gasteiger partial charge < -0.3 is 10.1 Å². The Morgan fingerprint density at radius 3 is 3.00 bits per heavy atom. The molecule has 2 rings (SSSR count). The molecule has 1 N–H and O–H groups in total. The van der Waals surface area contributed by atoms with Gasteiger partial charge in [-0.25, -0.2) is 4.98 Å². The minimum absolute atomic E-state index is 0.306. The van der Waals surface area contributed by atoms with Crippen molar-refractivity contribution >= 4 is 32.6 Å². The van der Waals surface area contributed by atoms with Crippen LogP contribution in [0.25, 0.3) is 10.2 Å². The summed E-state index contributed by atoms with van der Waals surface area (Å²) in [4.78, 5) is 16.2. The molecule has 1 heterocycles. The van der Waals surface area contributed by atoms with E-state index in [1.807, 2.05) is 31.2 Å². The lowest BCUT2D eigenvalue weighted by Gasteiger charge is -2.04. The van der Waals surface area contributed by atoms with Crippen molar-refractivity contribution in [1.82, 2.24) is 4.98 Å². The van der Waals surface area contributed by atoms with E-state index in [-0.39, 0.29) is 5.91 Å². The molecule has 2 aromatic rings. The summed E-state index contributed by atoms with van der Waals surface area (Å²) in [5.74, 6) is -0.162. The number of benzene rings is 1. The molecule has 1 amide bonds. The van der Waals surface area contributed by atoms with Crippen LogP contribution in [0.15, 0.2) is 18.2 Å². The molecular weight excluding hydrogens is 274 g/mol. The molecule has 0 aliphatic heterocycles. The van der Waals surface area contributed by atoms with Gasteiger partial charge >= 0.3 is 0 Å². The number of rotatable bonds is 5. The normalized spacial score (nSPS) is 11.8. The van der Waals surface area contributed by atoms with Crippen LogP contribution in [0, 0.1) is 17.2 Å². The molecule has 0 aliphatic carbocycles. The second-order valence-corrected chi connectivity index (χ2v) is 5.19. The van der Waals surface area contributed by atoms with E-state index in [9.17, 15) is 4.79 Å². The van der Waals surface area contributed by atoms with Gasteiger partial charge in [-0.3, -0.25) is 4.79 Å². The Morgan fingerprint density at radius 2 is 2.35 bits per heavy atom. The molecular formula is C14H15N3O2S. The summed E-state index contributed by atoms with van der Waals surface area (Å²) in [7, 11) is 0. The fourth-order valence-electron chi connectivity index (χ4n) is 1.74. The molecule has 20 heavy (non-hydrogen) atoms. The Balaban J connectivity index is 2.20. The van der Waals surface area contributed by atoms with Crippen LogP contribution in [-0.4, -0.2) is 17.5 Å². The zero-order valence-corrected chi connectivity index (χ0v) is 12.2. The van der Waals surface area contributed by atoms with Crippen molar-refractivity contribution in [3.8, 4) is 11.8 Å². The molecule has 1 unspecified atom stereocenters. The van der Waals surface area contributed by atoms with E-state index >= 15 is 0 Å². The molecule has 0 spiro atoms. The largest absolute Gasteiger partial charge is 0.494 e. The minimum atomic E-state index is -0.638. The number of carbonyl (C=O) groups excluding carboxylic acids is 1. The number of hydrogen-bond donors (Lipinski definition) is 1. The van der Waals surface area contributed by atoms with Crippen LogP contribution in [0.4, 0.5) is 5.13 Å². The maximum atomic E-state index is 11.8. The lowest BCUT2D eigenvalue weighted by molar-refractivity contribution is -0.118. The Morgan fingerprint density at radius 1 is 1.55 bits per heavy atom. The zero-order chi connectivity index (χ0) is 14.5. The third-order valence-corrected chi connectivity index (χ3v) is 3.72. The number of amides is 1. The van der Waals surface area contributed by atoms with Crippen molar-refractivity contribution in [2.75, 3.05) is 11.9 Å². The van der Waals surface area contributed by atoms with Crippen LogP contribution in [0.2, 0.25) is 0 Å². The van der Waals surface area contributed by atoms with Crippen molar-refractivity contribution in [2.24, 2.45) is 5.92 Å². The summed E-state index contributed by atoms with van der Waals surface area (Å²) in [5.41, 5.74) is 0.804. The number of fused-ring (bicyclic) bond motifs is 1. The fourth-order valence-corrected chi connectivity index (χ4v) is 2.64. The molecule has 0 saturated heterocycles. The summed E-state index contributed by atoms with van der Waals surface area (Å²) in [6.07, 6.45) is 0.488. The van der Waals surface area contributed by atoms with E-state index in [0.29, 0.717) is 18.2 Å². The highest BCUT2D eigenvalue weighted by molar-refractivity contribution is 7.22. The standard InChI is InChI=1S/C14H15N3O2S/c1-3-9(8-15)13(18)17-14-16-11-6-5-10(19-4-2)7-12(11)20-14/h5-7,9H,3-4H2,1-2H3,(H,16,17,18). The monoisotopic (exact) mass is 289 g/mol. The van der Waals surface area contributed by atoms with Gasteiger partial charge in [-0.2, -0.15) is 5.26 Å². The van der Waals surface area contributed by atoms with E-state index < -0.39 is 5.92 Å². The number of ether oxygens (including phenoxy) is 1. The molecule has 0 saturated carbocycles. The van der Waals surface area contributed by atoms with Gasteiger partial charge in [0.15, 0.2) is 5.13 Å². The third-order valence-electron chi connectivity index (χ3n) is 2.78. The van der Waals surface area contributed by atoms with Gasteiger partial charge in [-0.05, 0) is 31.5 Å². The molecule has 104 valence electrons. The van der Waals surface area contributed by atoms with Crippen molar-refractivity contribution < 1.29 is 9.53 Å². The van der Waals surface area contributed by atoms with Crippen molar-refractivity contribution in [2.45, 2.75) is 20.3 Å². The predicted octanol–water partition coefficient (Wildman–Crippen LogP) is 3.18. The summed E-state index contributed by atoms with van der Waals surface area (Å²) in [6.45, 7) is 4.34. The molecule has 0 fully saturated rings. The summed E-state index contributed by atoms with van der Waals surface area (Å²) >= 11 is 1.37. The number of thiazole rings is 1. The average Bonchev–Trinajstić information content (AvgIpc) is 2.82. The number of carbonyl (C=O) groups is 1. The molecule has 1 aromatic heterocycles. The van der Waals surface area contributed by atoms with Gasteiger partial charge in [0.2, 0.25) is 5.91 Å². The highest BCUT2D eigenvalue weighted by Gasteiger charge is 2.17. The van der Waals surface area contributed by atoms with Crippen LogP contribution in [0.3, 0.4) is 0 Å². The number of aromatic nitrogens is 1. The molecule has 5 nitrogen and oxygen atoms in total. The van der Waals surface area contributed by atoms with E-state index in [2.05, 4.69) is 10.3 Å². The summed E-state index contributed by atoms with van der Waals surface area (Å²) < 4.78 is 6.37. The highest BCUT2D eigenvalue weighted by Crippen LogP contribution is 2.29. The molecule has 1 atom stereocenters. The Hall–Kier alpha value is -2.13. The summed E-state index contributed by atoms with van der Waals surface area (Å²) in [6, 6.07) is 7.58. The van der Waals surface area contributed by atoms with Crippen molar-refractivity contribution in [3.63, 3.8) is 0 Å². The topological polar surface area (TPSA) is 75.0 Å². The Labute approximate surface area is 121 Å². The van der Waals surface area contributed by atoms with Crippen LogP contribution < -0.4 is 10.1 Å². The lowest BCUT2D eigenvalue weighted by atomic mass is 10.1. The number of hydrogen-bond acceptors (Lipinski definition) is 5. The maximum Gasteiger partial charge on any atom is 0.243 e. The maximum absolute atomic E-state index is 11.8. The van der Waals surface area contributed by atoms with E-state index in [0.717, 1.165) is 16.0 Å². The van der Waals surface area contributed by atoms with Crippen LogP contribution in [0.5, 0.6) is 5.75 Å². The van der Waals surface area contributed by atoms with E-state index in [1.54, 1.807) is 6.92 Å². The molecule has 0 radical (unpaired) electrons. The first kappa shape index (κ1) is 14.3. The highest BCUT2D eigenvalue weighted by atomic mass is 32.1. The van der Waals surface area contributed by atoms with Gasteiger partial charge in [-0.15, -0.1) is 0 Å². The van der Waals surface area contributed by atoms with Gasteiger partial charge in [0.05, 0.1) is 22.9 Å². The Kier molecular flexibility index (Phi) is 4.53. The molecule has 6 heteroatoms. The molecule has 0 bridgehead atoms. The van der Waals surface area contributed by atoms with Gasteiger partial charge in [0, 0.05) is 0 Å². The first-order valence-electron chi connectivity index (χ1n) is 6.41. The molecule has 0 aliphatic rings. The van der Waals surface area contributed by atoms with Crippen molar-refractivity contribution in [1.29, 1.82) is 5.26 Å². The number of nitriles is 1. The minimum Gasteiger partial charge on any atom is -0.494 e. The van der Waals surface area contributed by atoms with E-state index in [1.165, 1.54) is 11.3 Å². The fraction of sp³-hybridized carbons (Fsp3) is 0.357. The second kappa shape index (κ2) is 6.35. The number of nitrogens with zero attached hydrogens (tertiary/aromatic N) is 2. The van der Waals surface area contributed by atoms with E-state index in [4.69, 9.17) is 10.00 Å². The lowest BCUT2D eigenvalue weighted by Crippen LogP contribution is -2.20. The van der Waals surface area contributed by atoms with Crippen molar-refractivity contribution in [3.05, 3.63) is 18.2 Å². The first-order chi connectivity index (χ1) is 9.67. The quantitative estimate of drug-likeness (QED) is 0.917. The zero-order valence-electron chi connectivity index (χ0n) is 11.3. The second-order valence-electron chi connectivity index (χ2n) is 4.16. The number of anilines is 1. The molecule has 1 aromatic carbocycles. The smallest absolute Gasteiger partial charge is 0.243 e. The van der Waals surface area contributed by atoms with Crippen LogP contribution >= 0.6 is 11.3 Å². The van der Waals surface area contributed by atoms with Crippen LogP contribution in [0.1, 0.15) is 20.3 Å². The number of nitrogens with one attached hydrogen (secondary N) is 1. The van der Waals surface area contributed by atoms with Gasteiger partial charge in [0.25, 0.3) is 0 Å². The SMILES string of the molecule is CCOc1ccc2nc(NC(=O)C(C#N)CC)sc2c1. The average molecular weight is 289 g/mol. The first-order valence-corrected chi connectivity index (χ1v) is 7.23. The van der Waals surface area contributed by atoms with Crippen LogP contribution in [-0.2, 0) is 4.79 Å². The predicted molar refractivity (Wildman–Crippen MR) is 78.8 cm³/mol. The Bertz CT molecular complexity index is 660. The van der Waals surface area contributed by atoms with Gasteiger partial charge in [0.1, 0.15) is 11.7 Å². The summed E-state index contributed by atoms with van der Waals surface area (Å²) in [5, 5.41) is 12.1. The van der Waals surface area contributed by atoms with Gasteiger partial charge in [-0.1, -0.05) is 18.3 Å². The third kappa shape index (κ3) is 3.06.